The van der Waals surface area contributed by atoms with Crippen LogP contribution in [0.3, 0.4) is 0 Å². The average Bonchev–Trinajstić information content (AvgIpc) is 2.26. The van der Waals surface area contributed by atoms with Crippen LogP contribution in [0.1, 0.15) is 36.7 Å². The van der Waals surface area contributed by atoms with Crippen molar-refractivity contribution in [3.63, 3.8) is 0 Å². The van der Waals surface area contributed by atoms with Crippen molar-refractivity contribution in [2.24, 2.45) is 11.8 Å². The molecule has 0 amide bonds. The van der Waals surface area contributed by atoms with Crippen molar-refractivity contribution in [1.29, 1.82) is 0 Å². The van der Waals surface area contributed by atoms with Crippen LogP contribution in [0.2, 0.25) is 0 Å². The highest BCUT2D eigenvalue weighted by Crippen LogP contribution is 2.36. The summed E-state index contributed by atoms with van der Waals surface area (Å²) in [5.41, 5.74) is 2.53. The smallest absolute Gasteiger partial charge is 0.121 e. The highest BCUT2D eigenvalue weighted by molar-refractivity contribution is 9.09. The molecule has 0 aliphatic carbocycles. The van der Waals surface area contributed by atoms with Crippen LogP contribution in [0.5, 0.6) is 5.75 Å². The molecule has 1 rings (SSSR count). The fraction of sp³-hybridized carbons (Fsp3) is 0.571. The summed E-state index contributed by atoms with van der Waals surface area (Å²) in [6.07, 6.45) is 0. The van der Waals surface area contributed by atoms with Gasteiger partial charge in [0, 0.05) is 4.83 Å². The first kappa shape index (κ1) is 13.6. The zero-order valence-electron chi connectivity index (χ0n) is 10.8. The van der Waals surface area contributed by atoms with Crippen LogP contribution in [0.15, 0.2) is 18.2 Å². The zero-order chi connectivity index (χ0) is 12.3. The average molecular weight is 285 g/mol. The number of hydrogen-bond donors (Lipinski definition) is 0. The summed E-state index contributed by atoms with van der Waals surface area (Å²) in [5, 5.41) is 0. The van der Waals surface area contributed by atoms with Crippen molar-refractivity contribution in [2.75, 3.05) is 7.11 Å². The van der Waals surface area contributed by atoms with Crippen LogP contribution in [0, 0.1) is 18.8 Å². The molecule has 0 aromatic heterocycles. The van der Waals surface area contributed by atoms with Crippen LogP contribution < -0.4 is 4.74 Å². The summed E-state index contributed by atoms with van der Waals surface area (Å²) in [4.78, 5) is 0.414. The Morgan fingerprint density at radius 2 is 1.81 bits per heavy atom. The predicted octanol–water partition coefficient (Wildman–Crippen LogP) is 4.73. The fourth-order valence-corrected chi connectivity index (χ4v) is 2.61. The maximum atomic E-state index is 5.27. The summed E-state index contributed by atoms with van der Waals surface area (Å²) < 4.78 is 5.27. The minimum atomic E-state index is 0.414. The van der Waals surface area contributed by atoms with Crippen molar-refractivity contribution < 1.29 is 4.74 Å². The Bertz CT molecular complexity index is 347. The number of aryl methyl sites for hydroxylation is 1. The largest absolute Gasteiger partial charge is 0.496 e. The van der Waals surface area contributed by atoms with E-state index < -0.39 is 0 Å². The van der Waals surface area contributed by atoms with Crippen molar-refractivity contribution >= 4 is 15.9 Å². The predicted molar refractivity (Wildman–Crippen MR) is 73.4 cm³/mol. The molecule has 16 heavy (non-hydrogen) atoms. The Morgan fingerprint density at radius 1 is 1.19 bits per heavy atom. The van der Waals surface area contributed by atoms with Crippen LogP contribution in [0.25, 0.3) is 0 Å². The molecule has 0 N–H and O–H groups in total. The molecule has 2 atom stereocenters. The van der Waals surface area contributed by atoms with Crippen molar-refractivity contribution in [3.05, 3.63) is 29.3 Å². The van der Waals surface area contributed by atoms with E-state index in [1.807, 2.05) is 6.07 Å². The number of halogens is 1. The van der Waals surface area contributed by atoms with Gasteiger partial charge in [-0.3, -0.25) is 0 Å². The molecule has 1 nitrogen and oxygen atoms in total. The number of benzene rings is 1. The molecular formula is C14H21BrO. The molecule has 0 bridgehead atoms. The van der Waals surface area contributed by atoms with Gasteiger partial charge in [-0.05, 0) is 36.0 Å². The van der Waals surface area contributed by atoms with E-state index in [4.69, 9.17) is 4.74 Å². The van der Waals surface area contributed by atoms with Gasteiger partial charge in [-0.15, -0.1) is 0 Å². The number of hydrogen-bond acceptors (Lipinski definition) is 1. The third-order valence-electron chi connectivity index (χ3n) is 3.25. The van der Waals surface area contributed by atoms with E-state index >= 15 is 0 Å². The molecule has 0 saturated heterocycles. The second-order valence-electron chi connectivity index (χ2n) is 4.73. The quantitative estimate of drug-likeness (QED) is 0.726. The standard InChI is InChI=1S/C14H21BrO/c1-9(2)11(4)14(15)12-6-7-13(16-5)10(3)8-12/h6-9,11,14H,1-5H3. The lowest BCUT2D eigenvalue weighted by atomic mass is 9.90. The lowest BCUT2D eigenvalue weighted by Crippen LogP contribution is -2.10. The fourth-order valence-electron chi connectivity index (χ4n) is 1.71. The van der Waals surface area contributed by atoms with Gasteiger partial charge in [-0.1, -0.05) is 48.8 Å². The Balaban J connectivity index is 2.92. The van der Waals surface area contributed by atoms with E-state index in [1.54, 1.807) is 7.11 Å². The molecule has 1 aromatic carbocycles. The van der Waals surface area contributed by atoms with E-state index in [0.29, 0.717) is 16.7 Å². The Morgan fingerprint density at radius 3 is 2.25 bits per heavy atom. The lowest BCUT2D eigenvalue weighted by Gasteiger charge is -2.23. The number of rotatable bonds is 4. The van der Waals surface area contributed by atoms with Gasteiger partial charge in [0.25, 0.3) is 0 Å². The van der Waals surface area contributed by atoms with Crippen molar-refractivity contribution in [2.45, 2.75) is 32.5 Å². The third kappa shape index (κ3) is 3.00. The molecule has 1 aromatic rings. The highest BCUT2D eigenvalue weighted by atomic mass is 79.9. The van der Waals surface area contributed by atoms with Crippen molar-refractivity contribution in [1.82, 2.24) is 0 Å². The lowest BCUT2D eigenvalue weighted by molar-refractivity contribution is 0.407. The topological polar surface area (TPSA) is 9.23 Å². The van der Waals surface area contributed by atoms with Gasteiger partial charge in [0.15, 0.2) is 0 Å². The number of methoxy groups -OCH3 is 1. The number of ether oxygens (including phenoxy) is 1. The minimum absolute atomic E-state index is 0.414. The van der Waals surface area contributed by atoms with Crippen LogP contribution in [0.4, 0.5) is 0 Å². The molecule has 0 radical (unpaired) electrons. The summed E-state index contributed by atoms with van der Waals surface area (Å²) >= 11 is 3.79. The second-order valence-corrected chi connectivity index (χ2v) is 5.72. The molecule has 0 saturated carbocycles. The molecule has 0 fully saturated rings. The van der Waals surface area contributed by atoms with Gasteiger partial charge in [0.05, 0.1) is 7.11 Å². The third-order valence-corrected chi connectivity index (χ3v) is 4.61. The first-order chi connectivity index (χ1) is 7.47. The maximum absolute atomic E-state index is 5.27. The second kappa shape index (κ2) is 5.72. The summed E-state index contributed by atoms with van der Waals surface area (Å²) in [6.45, 7) is 8.89. The highest BCUT2D eigenvalue weighted by Gasteiger charge is 2.19. The Hall–Kier alpha value is -0.500. The molecular weight excluding hydrogens is 264 g/mol. The number of alkyl halides is 1. The van der Waals surface area contributed by atoms with Gasteiger partial charge >= 0.3 is 0 Å². The van der Waals surface area contributed by atoms with E-state index in [2.05, 4.69) is 55.8 Å². The zero-order valence-corrected chi connectivity index (χ0v) is 12.3. The van der Waals surface area contributed by atoms with E-state index in [-0.39, 0.29) is 0 Å². The van der Waals surface area contributed by atoms with Gasteiger partial charge in [0.1, 0.15) is 5.75 Å². The van der Waals surface area contributed by atoms with E-state index in [9.17, 15) is 0 Å². The van der Waals surface area contributed by atoms with Crippen LogP contribution in [-0.4, -0.2) is 7.11 Å². The minimum Gasteiger partial charge on any atom is -0.496 e. The van der Waals surface area contributed by atoms with Gasteiger partial charge in [-0.2, -0.15) is 0 Å². The maximum Gasteiger partial charge on any atom is 0.121 e. The SMILES string of the molecule is COc1ccc(C(Br)C(C)C(C)C)cc1C. The molecule has 90 valence electrons. The summed E-state index contributed by atoms with van der Waals surface area (Å²) in [5.74, 6) is 2.25. The van der Waals surface area contributed by atoms with Gasteiger partial charge in [-0.25, -0.2) is 0 Å². The van der Waals surface area contributed by atoms with Crippen LogP contribution in [-0.2, 0) is 0 Å². The van der Waals surface area contributed by atoms with Crippen LogP contribution >= 0.6 is 15.9 Å². The normalized spacial score (nSPS) is 14.9. The summed E-state index contributed by atoms with van der Waals surface area (Å²) in [7, 11) is 1.71. The monoisotopic (exact) mass is 284 g/mol. The summed E-state index contributed by atoms with van der Waals surface area (Å²) in [6, 6.07) is 6.40. The molecule has 2 heteroatoms. The van der Waals surface area contributed by atoms with Crippen molar-refractivity contribution in [3.8, 4) is 5.75 Å². The van der Waals surface area contributed by atoms with E-state index in [1.165, 1.54) is 11.1 Å². The Labute approximate surface area is 107 Å². The van der Waals surface area contributed by atoms with E-state index in [0.717, 1.165) is 5.75 Å². The van der Waals surface area contributed by atoms with Gasteiger partial charge in [0.2, 0.25) is 0 Å². The molecule has 0 heterocycles. The molecule has 0 aliphatic heterocycles. The molecule has 0 aliphatic rings. The molecule has 0 spiro atoms. The first-order valence-corrected chi connectivity index (χ1v) is 6.67. The Kier molecular flexibility index (Phi) is 4.85. The first-order valence-electron chi connectivity index (χ1n) is 5.76. The molecule has 2 unspecified atom stereocenters. The van der Waals surface area contributed by atoms with Gasteiger partial charge < -0.3 is 4.74 Å².